The largest absolute Gasteiger partial charge is 0.494 e. The van der Waals surface area contributed by atoms with Gasteiger partial charge in [0.2, 0.25) is 0 Å². The predicted molar refractivity (Wildman–Crippen MR) is 71.1 cm³/mol. The van der Waals surface area contributed by atoms with Crippen LogP contribution in [0.15, 0.2) is 9.17 Å². The van der Waals surface area contributed by atoms with Crippen molar-refractivity contribution in [2.75, 3.05) is 7.11 Å². The first kappa shape index (κ1) is 13.0. The fourth-order valence-corrected chi connectivity index (χ4v) is 3.34. The quantitative estimate of drug-likeness (QED) is 0.743. The minimum absolute atomic E-state index is 0.212. The molecule has 0 bridgehead atoms. The molecule has 0 atom stereocenters. The fraction of sp³-hybridized carbons (Fsp3) is 0.667. The van der Waals surface area contributed by atoms with E-state index >= 15 is 0 Å². The molecule has 0 aliphatic heterocycles. The van der Waals surface area contributed by atoms with Crippen LogP contribution in [-0.4, -0.2) is 7.11 Å². The van der Waals surface area contributed by atoms with E-state index in [4.69, 9.17) is 4.74 Å². The van der Waals surface area contributed by atoms with Crippen LogP contribution in [0.5, 0.6) is 5.75 Å². The van der Waals surface area contributed by atoms with Gasteiger partial charge < -0.3 is 4.74 Å². The maximum atomic E-state index is 5.45. The molecule has 0 aromatic carbocycles. The molecule has 0 saturated carbocycles. The van der Waals surface area contributed by atoms with E-state index in [9.17, 15) is 0 Å². The van der Waals surface area contributed by atoms with Crippen molar-refractivity contribution in [1.29, 1.82) is 0 Å². The summed E-state index contributed by atoms with van der Waals surface area (Å²) in [7, 11) is 1.74. The molecule has 0 aliphatic rings. The zero-order chi connectivity index (χ0) is 11.5. The summed E-state index contributed by atoms with van der Waals surface area (Å²) in [6, 6.07) is 0. The van der Waals surface area contributed by atoms with Crippen molar-refractivity contribution in [1.82, 2.24) is 0 Å². The second-order valence-electron chi connectivity index (χ2n) is 4.44. The zero-order valence-corrected chi connectivity index (χ0v) is 12.3. The SMILES string of the molecule is CCCCC(C)(C)c1csc(Br)c1OC. The van der Waals surface area contributed by atoms with Gasteiger partial charge in [0.05, 0.1) is 7.11 Å². The van der Waals surface area contributed by atoms with Crippen LogP contribution in [0, 0.1) is 0 Å². The first-order valence-corrected chi connectivity index (χ1v) is 7.01. The van der Waals surface area contributed by atoms with Gasteiger partial charge in [-0.3, -0.25) is 0 Å². The van der Waals surface area contributed by atoms with Gasteiger partial charge in [0.15, 0.2) is 0 Å². The van der Waals surface area contributed by atoms with Gasteiger partial charge >= 0.3 is 0 Å². The van der Waals surface area contributed by atoms with E-state index in [1.807, 2.05) is 0 Å². The number of rotatable bonds is 5. The Morgan fingerprint density at radius 1 is 1.47 bits per heavy atom. The van der Waals surface area contributed by atoms with Gasteiger partial charge in [-0.05, 0) is 33.1 Å². The van der Waals surface area contributed by atoms with Gasteiger partial charge in [0.1, 0.15) is 9.54 Å². The molecule has 0 fully saturated rings. The second kappa shape index (κ2) is 5.35. The lowest BCUT2D eigenvalue weighted by Crippen LogP contribution is -2.16. The Morgan fingerprint density at radius 3 is 2.67 bits per heavy atom. The van der Waals surface area contributed by atoms with Crippen LogP contribution < -0.4 is 4.74 Å². The van der Waals surface area contributed by atoms with Crippen LogP contribution >= 0.6 is 27.3 Å². The molecule has 0 radical (unpaired) electrons. The van der Waals surface area contributed by atoms with Crippen molar-refractivity contribution >= 4 is 27.3 Å². The molecule has 1 aromatic rings. The lowest BCUT2D eigenvalue weighted by atomic mass is 9.81. The molecule has 1 heterocycles. The van der Waals surface area contributed by atoms with E-state index in [-0.39, 0.29) is 5.41 Å². The number of thiophene rings is 1. The first-order chi connectivity index (χ1) is 7.03. The third kappa shape index (κ3) is 2.97. The summed E-state index contributed by atoms with van der Waals surface area (Å²) in [6.07, 6.45) is 3.73. The maximum Gasteiger partial charge on any atom is 0.147 e. The zero-order valence-electron chi connectivity index (χ0n) is 9.89. The van der Waals surface area contributed by atoms with Crippen LogP contribution in [0.1, 0.15) is 45.6 Å². The van der Waals surface area contributed by atoms with Crippen molar-refractivity contribution in [3.8, 4) is 5.75 Å². The van der Waals surface area contributed by atoms with Crippen molar-refractivity contribution in [3.63, 3.8) is 0 Å². The van der Waals surface area contributed by atoms with E-state index in [0.29, 0.717) is 0 Å². The Bertz CT molecular complexity index is 317. The molecule has 0 saturated heterocycles. The van der Waals surface area contributed by atoms with E-state index in [0.717, 1.165) is 9.54 Å². The maximum absolute atomic E-state index is 5.45. The smallest absolute Gasteiger partial charge is 0.147 e. The lowest BCUT2D eigenvalue weighted by Gasteiger charge is -2.24. The van der Waals surface area contributed by atoms with Crippen LogP contribution in [0.2, 0.25) is 0 Å². The molecule has 15 heavy (non-hydrogen) atoms. The molecule has 1 aromatic heterocycles. The third-order valence-corrected chi connectivity index (χ3v) is 4.46. The average molecular weight is 291 g/mol. The molecular weight excluding hydrogens is 272 g/mol. The Morgan fingerprint density at radius 2 is 2.13 bits per heavy atom. The van der Waals surface area contributed by atoms with Crippen LogP contribution in [0.25, 0.3) is 0 Å². The lowest BCUT2D eigenvalue weighted by molar-refractivity contribution is 0.382. The number of unbranched alkanes of at least 4 members (excludes halogenated alkanes) is 1. The highest BCUT2D eigenvalue weighted by atomic mass is 79.9. The van der Waals surface area contributed by atoms with Gasteiger partial charge in [0, 0.05) is 5.56 Å². The van der Waals surface area contributed by atoms with Gasteiger partial charge in [-0.25, -0.2) is 0 Å². The predicted octanol–water partition coefficient (Wildman–Crippen LogP) is 4.99. The monoisotopic (exact) mass is 290 g/mol. The third-order valence-electron chi connectivity index (χ3n) is 2.79. The molecule has 0 amide bonds. The van der Waals surface area contributed by atoms with Crippen molar-refractivity contribution in [3.05, 3.63) is 14.7 Å². The summed E-state index contributed by atoms with van der Waals surface area (Å²) < 4.78 is 6.55. The highest BCUT2D eigenvalue weighted by Gasteiger charge is 2.26. The minimum atomic E-state index is 0.212. The molecule has 0 unspecified atom stereocenters. The summed E-state index contributed by atoms with van der Waals surface area (Å²) in [5.41, 5.74) is 1.54. The highest BCUT2D eigenvalue weighted by Crippen LogP contribution is 2.43. The number of halogens is 1. The first-order valence-electron chi connectivity index (χ1n) is 5.34. The Balaban J connectivity index is 2.93. The second-order valence-corrected chi connectivity index (χ2v) is 6.64. The number of ether oxygens (including phenoxy) is 1. The van der Waals surface area contributed by atoms with Crippen molar-refractivity contribution in [2.24, 2.45) is 0 Å². The molecule has 86 valence electrons. The molecular formula is C12H19BrOS. The molecule has 0 spiro atoms. The Hall–Kier alpha value is -0.0200. The van der Waals surface area contributed by atoms with Crippen LogP contribution in [-0.2, 0) is 5.41 Å². The molecule has 3 heteroatoms. The highest BCUT2D eigenvalue weighted by molar-refractivity contribution is 9.11. The van der Waals surface area contributed by atoms with E-state index < -0.39 is 0 Å². The Kier molecular flexibility index (Phi) is 4.65. The van der Waals surface area contributed by atoms with Gasteiger partial charge in [-0.1, -0.05) is 33.6 Å². The van der Waals surface area contributed by atoms with Gasteiger partial charge in [0.25, 0.3) is 0 Å². The van der Waals surface area contributed by atoms with Gasteiger partial charge in [-0.15, -0.1) is 11.3 Å². The standard InChI is InChI=1S/C12H19BrOS/c1-5-6-7-12(2,3)9-8-15-11(13)10(9)14-4/h8H,5-7H2,1-4H3. The van der Waals surface area contributed by atoms with Crippen LogP contribution in [0.3, 0.4) is 0 Å². The van der Waals surface area contributed by atoms with E-state index in [1.54, 1.807) is 18.4 Å². The number of hydrogen-bond acceptors (Lipinski definition) is 2. The van der Waals surface area contributed by atoms with E-state index in [2.05, 4.69) is 42.1 Å². The van der Waals surface area contributed by atoms with Crippen molar-refractivity contribution in [2.45, 2.75) is 45.4 Å². The Labute approximate surface area is 105 Å². The molecule has 0 N–H and O–H groups in total. The normalized spacial score (nSPS) is 11.8. The summed E-state index contributed by atoms with van der Waals surface area (Å²) in [4.78, 5) is 0. The summed E-state index contributed by atoms with van der Waals surface area (Å²) in [6.45, 7) is 6.82. The molecule has 0 aliphatic carbocycles. The van der Waals surface area contributed by atoms with Crippen LogP contribution in [0.4, 0.5) is 0 Å². The van der Waals surface area contributed by atoms with E-state index in [1.165, 1.54) is 24.8 Å². The van der Waals surface area contributed by atoms with Crippen molar-refractivity contribution < 1.29 is 4.74 Å². The topological polar surface area (TPSA) is 9.23 Å². The number of methoxy groups -OCH3 is 1. The fourth-order valence-electron chi connectivity index (χ4n) is 1.73. The molecule has 1 rings (SSSR count). The number of hydrogen-bond donors (Lipinski definition) is 0. The minimum Gasteiger partial charge on any atom is -0.494 e. The average Bonchev–Trinajstić information content (AvgIpc) is 2.57. The summed E-state index contributed by atoms with van der Waals surface area (Å²) in [5.74, 6) is 1.01. The summed E-state index contributed by atoms with van der Waals surface area (Å²) >= 11 is 5.24. The van der Waals surface area contributed by atoms with Gasteiger partial charge in [-0.2, -0.15) is 0 Å². The molecule has 1 nitrogen and oxygen atoms in total. The summed E-state index contributed by atoms with van der Waals surface area (Å²) in [5, 5.41) is 2.21.